The SMILES string of the molecule is COc1c(C)c2c(c(OCC[Si](C)(C)C)c1C/C=C(\C)C(C)C(C)=O)C(=O)OC2. The molecule has 1 aliphatic rings. The van der Waals surface area contributed by atoms with Crippen molar-refractivity contribution in [3.63, 3.8) is 0 Å². The number of ether oxygens (including phenoxy) is 3. The van der Waals surface area contributed by atoms with Crippen molar-refractivity contribution in [1.29, 1.82) is 0 Å². The quantitative estimate of drug-likeness (QED) is 0.317. The maximum absolute atomic E-state index is 12.5. The number of hydrogen-bond donors (Lipinski definition) is 0. The molecule has 0 bridgehead atoms. The lowest BCUT2D eigenvalue weighted by Gasteiger charge is -2.21. The van der Waals surface area contributed by atoms with Gasteiger partial charge in [0.1, 0.15) is 29.5 Å². The maximum Gasteiger partial charge on any atom is 0.342 e. The second-order valence-electron chi connectivity index (χ2n) is 9.04. The number of fused-ring (bicyclic) bond motifs is 1. The standard InChI is InChI=1S/C23H34O5Si/c1-14(15(2)17(4)24)9-10-18-21(26-5)16(3)19-13-28-23(25)20(19)22(18)27-11-12-29(6,7)8/h9,15H,10-13H2,1-8H3/b14-9+. The summed E-state index contributed by atoms with van der Waals surface area (Å²) < 4.78 is 17.3. The van der Waals surface area contributed by atoms with Crippen LogP contribution >= 0.6 is 0 Å². The number of cyclic esters (lactones) is 1. The monoisotopic (exact) mass is 418 g/mol. The lowest BCUT2D eigenvalue weighted by molar-refractivity contribution is -0.119. The summed E-state index contributed by atoms with van der Waals surface area (Å²) in [5.74, 6) is 0.948. The zero-order valence-electron chi connectivity index (χ0n) is 19.0. The first-order chi connectivity index (χ1) is 13.5. The van der Waals surface area contributed by atoms with Crippen LogP contribution in [0.4, 0.5) is 0 Å². The van der Waals surface area contributed by atoms with E-state index < -0.39 is 8.07 Å². The van der Waals surface area contributed by atoms with Gasteiger partial charge in [0.25, 0.3) is 0 Å². The fraction of sp³-hybridized carbons (Fsp3) is 0.565. The van der Waals surface area contributed by atoms with Gasteiger partial charge in [0.15, 0.2) is 0 Å². The van der Waals surface area contributed by atoms with E-state index in [2.05, 4.69) is 19.6 Å². The van der Waals surface area contributed by atoms with Crippen LogP contribution in [0.25, 0.3) is 0 Å². The van der Waals surface area contributed by atoms with E-state index in [9.17, 15) is 9.59 Å². The van der Waals surface area contributed by atoms with E-state index in [1.165, 1.54) is 0 Å². The Morgan fingerprint density at radius 2 is 1.90 bits per heavy atom. The van der Waals surface area contributed by atoms with Gasteiger partial charge in [-0.05, 0) is 38.8 Å². The molecule has 0 N–H and O–H groups in total. The van der Waals surface area contributed by atoms with Crippen molar-refractivity contribution in [2.75, 3.05) is 13.7 Å². The van der Waals surface area contributed by atoms with E-state index in [1.807, 2.05) is 26.8 Å². The Balaban J connectivity index is 2.53. The molecule has 1 atom stereocenters. The van der Waals surface area contributed by atoms with Crippen LogP contribution < -0.4 is 9.47 Å². The highest BCUT2D eigenvalue weighted by Gasteiger charge is 2.33. The molecule has 0 radical (unpaired) electrons. The van der Waals surface area contributed by atoms with Crippen molar-refractivity contribution in [3.8, 4) is 11.5 Å². The topological polar surface area (TPSA) is 61.8 Å². The summed E-state index contributed by atoms with van der Waals surface area (Å²) in [6.45, 7) is 15.1. The molecule has 0 fully saturated rings. The molecule has 0 saturated carbocycles. The number of hydrogen-bond acceptors (Lipinski definition) is 5. The molecule has 1 aromatic rings. The van der Waals surface area contributed by atoms with E-state index in [-0.39, 0.29) is 24.3 Å². The van der Waals surface area contributed by atoms with Gasteiger partial charge >= 0.3 is 5.97 Å². The van der Waals surface area contributed by atoms with Gasteiger partial charge in [0, 0.05) is 25.1 Å². The number of ketones is 1. The van der Waals surface area contributed by atoms with E-state index in [4.69, 9.17) is 14.2 Å². The third-order valence-corrected chi connectivity index (χ3v) is 7.35. The van der Waals surface area contributed by atoms with Crippen molar-refractivity contribution in [1.82, 2.24) is 0 Å². The molecule has 0 spiro atoms. The highest BCUT2D eigenvalue weighted by Crippen LogP contribution is 2.43. The average Bonchev–Trinajstić information content (AvgIpc) is 3.02. The number of Topliss-reactive ketones (excluding diaryl/α,β-unsaturated/α-hetero) is 1. The summed E-state index contributed by atoms with van der Waals surface area (Å²) in [5, 5.41) is 0. The Bertz CT molecular complexity index is 833. The third-order valence-electron chi connectivity index (χ3n) is 5.65. The van der Waals surface area contributed by atoms with Crippen molar-refractivity contribution in [2.24, 2.45) is 5.92 Å². The summed E-state index contributed by atoms with van der Waals surface area (Å²) in [7, 11) is 0.346. The fourth-order valence-electron chi connectivity index (χ4n) is 3.39. The van der Waals surface area contributed by atoms with Crippen LogP contribution in [-0.4, -0.2) is 33.5 Å². The lowest BCUT2D eigenvalue weighted by atomic mass is 9.93. The second-order valence-corrected chi connectivity index (χ2v) is 14.7. The Morgan fingerprint density at radius 3 is 2.45 bits per heavy atom. The zero-order valence-corrected chi connectivity index (χ0v) is 20.0. The first-order valence-corrected chi connectivity index (χ1v) is 13.9. The first kappa shape index (κ1) is 23.2. The van der Waals surface area contributed by atoms with Crippen LogP contribution in [0.5, 0.6) is 11.5 Å². The number of allylic oxidation sites excluding steroid dienone is 2. The highest BCUT2D eigenvalue weighted by molar-refractivity contribution is 6.76. The Labute approximate surface area is 175 Å². The van der Waals surface area contributed by atoms with E-state index in [1.54, 1.807) is 14.0 Å². The summed E-state index contributed by atoms with van der Waals surface area (Å²) >= 11 is 0. The van der Waals surface area contributed by atoms with Gasteiger partial charge in [-0.15, -0.1) is 0 Å². The molecule has 5 nitrogen and oxygen atoms in total. The number of carbonyl (C=O) groups is 2. The maximum atomic E-state index is 12.5. The number of rotatable bonds is 9. The highest BCUT2D eigenvalue weighted by atomic mass is 28.3. The first-order valence-electron chi connectivity index (χ1n) is 10.2. The molecule has 0 aliphatic carbocycles. The van der Waals surface area contributed by atoms with Crippen LogP contribution in [0, 0.1) is 12.8 Å². The number of benzene rings is 1. The third kappa shape index (κ3) is 5.29. The normalized spacial score (nSPS) is 15.0. The van der Waals surface area contributed by atoms with Crippen molar-refractivity contribution in [3.05, 3.63) is 33.9 Å². The minimum absolute atomic E-state index is 0.131. The molecular weight excluding hydrogens is 384 g/mol. The molecule has 1 unspecified atom stereocenters. The minimum atomic E-state index is -1.29. The summed E-state index contributed by atoms with van der Waals surface area (Å²) in [5.41, 5.74) is 4.11. The molecule has 0 aromatic heterocycles. The van der Waals surface area contributed by atoms with E-state index in [0.717, 1.165) is 34.1 Å². The molecule has 0 amide bonds. The number of esters is 1. The molecule has 0 saturated heterocycles. The van der Waals surface area contributed by atoms with Crippen molar-refractivity contribution >= 4 is 19.8 Å². The van der Waals surface area contributed by atoms with Gasteiger partial charge in [-0.1, -0.05) is 38.2 Å². The Hall–Kier alpha value is -2.08. The molecule has 1 aromatic carbocycles. The van der Waals surface area contributed by atoms with Gasteiger partial charge in [0.05, 0.1) is 13.7 Å². The number of methoxy groups -OCH3 is 1. The van der Waals surface area contributed by atoms with Gasteiger partial charge in [-0.25, -0.2) is 4.79 Å². The average molecular weight is 419 g/mol. The van der Waals surface area contributed by atoms with Gasteiger partial charge in [-0.2, -0.15) is 0 Å². The van der Waals surface area contributed by atoms with E-state index in [0.29, 0.717) is 24.3 Å². The van der Waals surface area contributed by atoms with Crippen molar-refractivity contribution < 1.29 is 23.8 Å². The van der Waals surface area contributed by atoms with Crippen LogP contribution in [-0.2, 0) is 22.6 Å². The van der Waals surface area contributed by atoms with Crippen LogP contribution in [0.2, 0.25) is 25.7 Å². The van der Waals surface area contributed by atoms with Crippen LogP contribution in [0.3, 0.4) is 0 Å². The summed E-state index contributed by atoms with van der Waals surface area (Å²) in [6, 6.07) is 0.989. The molecule has 160 valence electrons. The molecule has 2 rings (SSSR count). The Morgan fingerprint density at radius 1 is 1.24 bits per heavy atom. The summed E-state index contributed by atoms with van der Waals surface area (Å²) in [6.07, 6.45) is 2.55. The smallest absolute Gasteiger partial charge is 0.342 e. The van der Waals surface area contributed by atoms with Gasteiger partial charge < -0.3 is 14.2 Å². The molecule has 6 heteroatoms. The lowest BCUT2D eigenvalue weighted by Crippen LogP contribution is -2.23. The Kier molecular flexibility index (Phi) is 7.33. The number of carbonyl (C=O) groups excluding carboxylic acids is 2. The molecule has 1 aliphatic heterocycles. The largest absolute Gasteiger partial charge is 0.496 e. The molecule has 1 heterocycles. The fourth-order valence-corrected chi connectivity index (χ4v) is 4.10. The molecule has 29 heavy (non-hydrogen) atoms. The van der Waals surface area contributed by atoms with Crippen LogP contribution in [0.15, 0.2) is 11.6 Å². The van der Waals surface area contributed by atoms with Crippen molar-refractivity contribution in [2.45, 2.75) is 66.4 Å². The van der Waals surface area contributed by atoms with Gasteiger partial charge in [0.2, 0.25) is 0 Å². The summed E-state index contributed by atoms with van der Waals surface area (Å²) in [4.78, 5) is 24.2. The minimum Gasteiger partial charge on any atom is -0.496 e. The predicted octanol–water partition coefficient (Wildman–Crippen LogP) is 5.10. The van der Waals surface area contributed by atoms with Crippen LogP contribution in [0.1, 0.15) is 47.8 Å². The molecular formula is C23H34O5Si. The zero-order chi connectivity index (χ0) is 21.9. The van der Waals surface area contributed by atoms with E-state index >= 15 is 0 Å². The predicted molar refractivity (Wildman–Crippen MR) is 118 cm³/mol. The second kappa shape index (κ2) is 9.16. The van der Waals surface area contributed by atoms with Gasteiger partial charge in [-0.3, -0.25) is 4.79 Å².